The van der Waals surface area contributed by atoms with Crippen LogP contribution in [0.4, 0.5) is 31.0 Å². The van der Waals surface area contributed by atoms with Crippen molar-refractivity contribution in [3.05, 3.63) is 236 Å². The minimum absolute atomic E-state index is 0.139. The number of primary amides is 2. The first-order chi connectivity index (χ1) is 47.7. The summed E-state index contributed by atoms with van der Waals surface area (Å²) in [5, 5.41) is 30.8. The molecule has 2 amide bonds. The summed E-state index contributed by atoms with van der Waals surface area (Å²) in [5.74, 6) is 2.32. The van der Waals surface area contributed by atoms with Crippen molar-refractivity contribution in [1.29, 1.82) is 0 Å². The monoisotopic (exact) mass is 1320 g/mol. The maximum absolute atomic E-state index is 13.2. The van der Waals surface area contributed by atoms with Gasteiger partial charge in [-0.3, -0.25) is 9.59 Å². The van der Waals surface area contributed by atoms with E-state index >= 15 is 0 Å². The first-order valence-corrected chi connectivity index (χ1v) is 31.9. The molecule has 2 saturated heterocycles. The zero-order chi connectivity index (χ0) is 68.1. The average molecular weight is 1320 g/mol. The van der Waals surface area contributed by atoms with E-state index in [1.165, 1.54) is 55.7 Å². The lowest BCUT2D eigenvalue weighted by Crippen LogP contribution is -2.52. The summed E-state index contributed by atoms with van der Waals surface area (Å²) in [6.07, 6.45) is 5.88. The van der Waals surface area contributed by atoms with Crippen molar-refractivity contribution in [1.82, 2.24) is 34.8 Å². The highest BCUT2D eigenvalue weighted by Crippen LogP contribution is 2.37. The largest absolute Gasteiger partial charge is 0.457 e. The standard InChI is InChI=1S/C29H29FN4O.C24H20FN5O3.C23H20FN3O3/c1-34-22-5-4-6-23(34)18-21(17-22)31-29-32-27-8-3-2-7-26(27)28(33-29)19-9-13-24(14-10-19)35-25-15-11-20(30)12-16-25;25-15-7-11-17(12-8-15)33-16-9-5-14(6-10-16)22-18-3-1-2-4-19(18)28-24(30-22)29-20(23(27)32)13-21(26)31;24-16-7-11-19(12-8-16)30-18-9-5-15(6-10-18)22-20-3-1-2-4-21(20)26-23(27-22)25-17(13-28)14-29/h2-3,7-16,21-23H,4-6,17-18H2,1H3,(H,31,32,33);1-12,20H,13H2,(H2,26,31)(H2,27,32)(H,28,29,30);1-12,17,28-29H,13-14H2,(H,25,26,27)/t21?,22-,23+;20-;/m.0./s1. The first kappa shape index (κ1) is 66.4. The van der Waals surface area contributed by atoms with Gasteiger partial charge in [0.05, 0.1) is 59.3 Å². The quantitative estimate of drug-likeness (QED) is 0.0374. The number of aliphatic hydroxyl groups is 2. The molecule has 2 bridgehead atoms. The molecule has 12 aromatic rings. The molecule has 1 unspecified atom stereocenters. The molecule has 2 fully saturated rings. The second-order valence-corrected chi connectivity index (χ2v) is 23.7. The molecular formula is C76H69F3N12O7. The molecule has 0 spiro atoms. The number of anilines is 3. The maximum Gasteiger partial charge on any atom is 0.240 e. The number of rotatable bonds is 20. The molecule has 22 heteroatoms. The van der Waals surface area contributed by atoms with Gasteiger partial charge in [-0.05, 0) is 197 Å². The molecule has 9 aromatic carbocycles. The van der Waals surface area contributed by atoms with Crippen LogP contribution in [0.2, 0.25) is 0 Å². The predicted molar refractivity (Wildman–Crippen MR) is 372 cm³/mol. The minimum Gasteiger partial charge on any atom is -0.457 e. The Bertz CT molecular complexity index is 4700. The summed E-state index contributed by atoms with van der Waals surface area (Å²) in [5.41, 5.74) is 17.8. The summed E-state index contributed by atoms with van der Waals surface area (Å²) in [7, 11) is 2.28. The van der Waals surface area contributed by atoms with Gasteiger partial charge in [0.25, 0.3) is 0 Å². The van der Waals surface area contributed by atoms with E-state index in [2.05, 4.69) is 53.9 Å². The lowest BCUT2D eigenvalue weighted by atomic mass is 9.82. The Kier molecular flexibility index (Phi) is 20.9. The Morgan fingerprint density at radius 3 is 1.14 bits per heavy atom. The predicted octanol–water partition coefficient (Wildman–Crippen LogP) is 14.0. The normalized spacial score (nSPS) is 15.2. The number of ether oxygens (including phenoxy) is 3. The SMILES string of the molecule is CN1[C@@H]2CCC[C@H]1CC(Nc1nc(-c3ccc(Oc4ccc(F)cc4)cc3)c3ccccc3n1)C2.NC(=O)C[C@H](Nc1nc(-c2ccc(Oc3ccc(F)cc3)cc2)c2ccccc2n1)C(N)=O.OCC(CO)Nc1nc(-c2ccc(Oc3ccc(F)cc3)cc2)c2ccccc2n1. The Balaban J connectivity index is 0.000000140. The Morgan fingerprint density at radius 2 is 0.796 bits per heavy atom. The van der Waals surface area contributed by atoms with E-state index in [9.17, 15) is 33.0 Å². The number of aliphatic hydroxyl groups excluding tert-OH is 2. The number of piperidine rings is 2. The molecular weight excluding hydrogens is 1250 g/mol. The average Bonchev–Trinajstić information content (AvgIpc) is 0.800. The van der Waals surface area contributed by atoms with Crippen molar-refractivity contribution in [2.24, 2.45) is 11.5 Å². The highest BCUT2D eigenvalue weighted by Gasteiger charge is 2.36. The number of carbonyl (C=O) groups is 2. The number of nitrogens with one attached hydrogen (secondary N) is 3. The van der Waals surface area contributed by atoms with E-state index in [1.807, 2.05) is 127 Å². The molecule has 2 aliphatic rings. The van der Waals surface area contributed by atoms with Gasteiger partial charge in [0.2, 0.25) is 29.7 Å². The molecule has 9 N–H and O–H groups in total. The zero-order valence-corrected chi connectivity index (χ0v) is 53.2. The number of benzene rings is 9. The number of amides is 2. The smallest absolute Gasteiger partial charge is 0.240 e. The molecule has 2 aliphatic heterocycles. The van der Waals surface area contributed by atoms with E-state index in [-0.39, 0.29) is 43.0 Å². The third kappa shape index (κ3) is 16.7. The van der Waals surface area contributed by atoms with Crippen molar-refractivity contribution in [2.75, 3.05) is 36.2 Å². The van der Waals surface area contributed by atoms with Crippen LogP contribution in [0.1, 0.15) is 38.5 Å². The molecule has 5 heterocycles. The second-order valence-electron chi connectivity index (χ2n) is 23.7. The number of nitrogens with two attached hydrogens (primary N) is 2. The van der Waals surface area contributed by atoms with E-state index in [4.69, 9.17) is 35.6 Å². The summed E-state index contributed by atoms with van der Waals surface area (Å²) < 4.78 is 56.7. The van der Waals surface area contributed by atoms with Crippen molar-refractivity contribution in [3.8, 4) is 68.3 Å². The number of fused-ring (bicyclic) bond motifs is 5. The zero-order valence-electron chi connectivity index (χ0n) is 53.2. The molecule has 19 nitrogen and oxygen atoms in total. The van der Waals surface area contributed by atoms with Gasteiger partial charge in [-0.1, -0.05) is 61.0 Å². The van der Waals surface area contributed by atoms with Crippen LogP contribution in [0.15, 0.2) is 218 Å². The van der Waals surface area contributed by atoms with E-state index in [1.54, 1.807) is 48.5 Å². The van der Waals surface area contributed by atoms with Crippen LogP contribution >= 0.6 is 0 Å². The number of nitrogens with zero attached hydrogens (tertiary/aromatic N) is 7. The van der Waals surface area contributed by atoms with Crippen molar-refractivity contribution >= 4 is 62.4 Å². The fourth-order valence-electron chi connectivity index (χ4n) is 11.9. The number of halogens is 3. The third-order valence-electron chi connectivity index (χ3n) is 16.8. The highest BCUT2D eigenvalue weighted by molar-refractivity contribution is 5.96. The molecule has 98 heavy (non-hydrogen) atoms. The van der Waals surface area contributed by atoms with Crippen LogP contribution in [0, 0.1) is 17.5 Å². The number of para-hydroxylation sites is 3. The first-order valence-electron chi connectivity index (χ1n) is 31.9. The number of aromatic nitrogens is 6. The Hall–Kier alpha value is -11.6. The summed E-state index contributed by atoms with van der Waals surface area (Å²) in [4.78, 5) is 53.5. The van der Waals surface area contributed by atoms with E-state index in [0.717, 1.165) is 62.4 Å². The second kappa shape index (κ2) is 30.9. The number of carbonyl (C=O) groups excluding carboxylic acids is 2. The van der Waals surface area contributed by atoms with Gasteiger partial charge >= 0.3 is 0 Å². The van der Waals surface area contributed by atoms with E-state index in [0.29, 0.717) is 81.4 Å². The third-order valence-corrected chi connectivity index (χ3v) is 16.8. The van der Waals surface area contributed by atoms with E-state index < -0.39 is 23.9 Å². The Labute approximate surface area is 562 Å². The van der Waals surface area contributed by atoms with Gasteiger partial charge in [0, 0.05) is 51.0 Å². The van der Waals surface area contributed by atoms with Gasteiger partial charge < -0.3 is 56.7 Å². The lowest BCUT2D eigenvalue weighted by molar-refractivity contribution is -0.123. The van der Waals surface area contributed by atoms with Gasteiger partial charge in [0.1, 0.15) is 58.0 Å². The molecule has 0 aliphatic carbocycles. The van der Waals surface area contributed by atoms with Crippen LogP contribution in [0.3, 0.4) is 0 Å². The van der Waals surface area contributed by atoms with Gasteiger partial charge in [-0.2, -0.15) is 0 Å². The van der Waals surface area contributed by atoms with Crippen LogP contribution < -0.4 is 41.6 Å². The molecule has 0 radical (unpaired) electrons. The topological polar surface area (TPSA) is 271 Å². The molecule has 14 rings (SSSR count). The van der Waals surface area contributed by atoms with Crippen LogP contribution in [0.5, 0.6) is 34.5 Å². The summed E-state index contributed by atoms with van der Waals surface area (Å²) in [6, 6.07) is 63.3. The highest BCUT2D eigenvalue weighted by atomic mass is 19.1. The summed E-state index contributed by atoms with van der Waals surface area (Å²) >= 11 is 0. The van der Waals surface area contributed by atoms with Crippen molar-refractivity contribution < 1.29 is 47.2 Å². The molecule has 4 atom stereocenters. The Morgan fingerprint density at radius 1 is 0.469 bits per heavy atom. The fourth-order valence-corrected chi connectivity index (χ4v) is 11.9. The van der Waals surface area contributed by atoms with Crippen LogP contribution in [0.25, 0.3) is 66.5 Å². The van der Waals surface area contributed by atoms with Crippen LogP contribution in [-0.4, -0.2) is 107 Å². The summed E-state index contributed by atoms with van der Waals surface area (Å²) in [6.45, 7) is -0.477. The van der Waals surface area contributed by atoms with Gasteiger partial charge in [-0.15, -0.1) is 0 Å². The minimum atomic E-state index is -1.04. The van der Waals surface area contributed by atoms with Gasteiger partial charge in [0.15, 0.2) is 0 Å². The maximum atomic E-state index is 13.2. The van der Waals surface area contributed by atoms with Crippen LogP contribution in [-0.2, 0) is 9.59 Å². The molecule has 0 saturated carbocycles. The molecule has 496 valence electrons. The van der Waals surface area contributed by atoms with Crippen molar-refractivity contribution in [3.63, 3.8) is 0 Å². The fraction of sp³-hybridized carbons (Fsp3) is 0.184. The van der Waals surface area contributed by atoms with Gasteiger partial charge in [-0.25, -0.2) is 43.1 Å². The number of hydrogen-bond donors (Lipinski definition) is 7. The number of hydrogen-bond acceptors (Lipinski definition) is 17. The molecule has 3 aromatic heterocycles. The van der Waals surface area contributed by atoms with Crippen molar-refractivity contribution in [2.45, 2.75) is 68.7 Å². The lowest BCUT2D eigenvalue weighted by Gasteiger charge is -2.47.